The van der Waals surface area contributed by atoms with E-state index in [1.807, 2.05) is 30.3 Å². The molecule has 34 heavy (non-hydrogen) atoms. The molecule has 1 aromatic carbocycles. The molecule has 7 nitrogen and oxygen atoms in total. The summed E-state index contributed by atoms with van der Waals surface area (Å²) in [6, 6.07) is 15.1. The first-order valence-electron chi connectivity index (χ1n) is 11.3. The van der Waals surface area contributed by atoms with Gasteiger partial charge in [-0.1, -0.05) is 55.9 Å². The second-order valence-corrected chi connectivity index (χ2v) is 9.11. The average molecular weight is 480 g/mol. The number of amides is 1. The molecule has 0 aliphatic carbocycles. The van der Waals surface area contributed by atoms with Gasteiger partial charge in [-0.25, -0.2) is 4.79 Å². The van der Waals surface area contributed by atoms with Gasteiger partial charge in [0.05, 0.1) is 52.5 Å². The molecule has 2 N–H and O–H groups in total. The SMILES string of the molecule is CCOC(=O)C1=C(c2ccccc2)NC(SCC(=O)NCCC(C)C)=C(C#N)[C@@H]1c1ccco1. The maximum atomic E-state index is 13.1. The standard InChI is InChI=1S/C26H29N3O4S/c1-4-32-26(31)23-22(20-11-8-14-33-20)19(15-27)25(29-24(23)18-9-6-5-7-10-18)34-16-21(30)28-13-12-17(2)3/h5-11,14,17,22,29H,4,12-13,16H2,1-3H3,(H,28,30)/t22-/m1/s1. The summed E-state index contributed by atoms with van der Waals surface area (Å²) < 4.78 is 11.0. The Labute approximate surface area is 204 Å². The minimum Gasteiger partial charge on any atom is -0.468 e. The van der Waals surface area contributed by atoms with Gasteiger partial charge in [0, 0.05) is 6.54 Å². The first-order chi connectivity index (χ1) is 16.5. The lowest BCUT2D eigenvalue weighted by molar-refractivity contribution is -0.138. The lowest BCUT2D eigenvalue weighted by Gasteiger charge is -2.29. The minimum atomic E-state index is -0.762. The Morgan fingerprint density at radius 1 is 1.24 bits per heavy atom. The van der Waals surface area contributed by atoms with Crippen LogP contribution >= 0.6 is 11.8 Å². The molecule has 1 atom stereocenters. The van der Waals surface area contributed by atoms with Crippen molar-refractivity contribution in [3.63, 3.8) is 0 Å². The number of nitriles is 1. The summed E-state index contributed by atoms with van der Waals surface area (Å²) in [5, 5.41) is 16.8. The number of nitrogens with one attached hydrogen (secondary N) is 2. The summed E-state index contributed by atoms with van der Waals surface area (Å²) in [6.45, 7) is 6.73. The van der Waals surface area contributed by atoms with Crippen LogP contribution in [-0.4, -0.2) is 30.8 Å². The highest BCUT2D eigenvalue weighted by Gasteiger charge is 2.38. The molecule has 3 rings (SSSR count). The Bertz CT molecular complexity index is 1100. The molecule has 1 aromatic heterocycles. The Balaban J connectivity index is 2.00. The van der Waals surface area contributed by atoms with Crippen LogP contribution in [0.3, 0.4) is 0 Å². The van der Waals surface area contributed by atoms with Gasteiger partial charge in [-0.2, -0.15) is 5.26 Å². The molecule has 2 heterocycles. The average Bonchev–Trinajstić information content (AvgIpc) is 3.36. The lowest BCUT2D eigenvalue weighted by Crippen LogP contribution is -2.31. The van der Waals surface area contributed by atoms with Crippen molar-refractivity contribution in [1.82, 2.24) is 10.6 Å². The largest absolute Gasteiger partial charge is 0.468 e. The molecule has 0 radical (unpaired) electrons. The fraction of sp³-hybridized carbons (Fsp3) is 0.346. The van der Waals surface area contributed by atoms with Crippen LogP contribution in [0, 0.1) is 17.2 Å². The van der Waals surface area contributed by atoms with Gasteiger partial charge in [0.25, 0.3) is 0 Å². The van der Waals surface area contributed by atoms with E-state index in [1.54, 1.807) is 19.1 Å². The van der Waals surface area contributed by atoms with E-state index in [-0.39, 0.29) is 18.3 Å². The van der Waals surface area contributed by atoms with Crippen molar-refractivity contribution >= 4 is 29.3 Å². The Hall–Kier alpha value is -3.44. The Morgan fingerprint density at radius 2 is 2.00 bits per heavy atom. The highest BCUT2D eigenvalue weighted by molar-refractivity contribution is 8.03. The number of thioether (sulfide) groups is 1. The Kier molecular flexibility index (Phi) is 9.00. The van der Waals surface area contributed by atoms with Crippen LogP contribution in [0.2, 0.25) is 0 Å². The molecule has 1 aliphatic rings. The highest BCUT2D eigenvalue weighted by Crippen LogP contribution is 2.43. The molecule has 0 bridgehead atoms. The zero-order valence-electron chi connectivity index (χ0n) is 19.6. The molecule has 1 aliphatic heterocycles. The quantitative estimate of drug-likeness (QED) is 0.481. The van der Waals surface area contributed by atoms with Crippen molar-refractivity contribution in [3.05, 3.63) is 76.2 Å². The van der Waals surface area contributed by atoms with Crippen molar-refractivity contribution in [3.8, 4) is 6.07 Å². The maximum absolute atomic E-state index is 13.1. The van der Waals surface area contributed by atoms with E-state index in [2.05, 4.69) is 30.6 Å². The second kappa shape index (κ2) is 12.1. The van der Waals surface area contributed by atoms with Crippen LogP contribution in [0.5, 0.6) is 0 Å². The lowest BCUT2D eigenvalue weighted by atomic mass is 9.84. The van der Waals surface area contributed by atoms with Crippen molar-refractivity contribution in [2.24, 2.45) is 5.92 Å². The smallest absolute Gasteiger partial charge is 0.337 e. The molecule has 0 saturated carbocycles. The monoisotopic (exact) mass is 479 g/mol. The van der Waals surface area contributed by atoms with Gasteiger partial charge in [-0.05, 0) is 37.0 Å². The van der Waals surface area contributed by atoms with E-state index in [9.17, 15) is 14.9 Å². The van der Waals surface area contributed by atoms with E-state index < -0.39 is 11.9 Å². The zero-order valence-corrected chi connectivity index (χ0v) is 20.4. The fourth-order valence-corrected chi connectivity index (χ4v) is 4.46. The van der Waals surface area contributed by atoms with Crippen molar-refractivity contribution in [1.29, 1.82) is 5.26 Å². The van der Waals surface area contributed by atoms with E-state index in [0.717, 1.165) is 12.0 Å². The number of carbonyl (C=O) groups is 2. The number of esters is 1. The number of hydrogen-bond acceptors (Lipinski definition) is 7. The summed E-state index contributed by atoms with van der Waals surface area (Å²) in [5.74, 6) is -0.328. The van der Waals surface area contributed by atoms with Crippen LogP contribution in [0.25, 0.3) is 5.70 Å². The molecular formula is C26H29N3O4S. The van der Waals surface area contributed by atoms with Crippen LogP contribution in [0.4, 0.5) is 0 Å². The fourth-order valence-electron chi connectivity index (χ4n) is 3.59. The topological polar surface area (TPSA) is 104 Å². The summed E-state index contributed by atoms with van der Waals surface area (Å²) in [5.41, 5.74) is 1.89. The number of allylic oxidation sites excluding steroid dienone is 1. The molecule has 178 valence electrons. The third-order valence-electron chi connectivity index (χ3n) is 5.23. The van der Waals surface area contributed by atoms with E-state index in [0.29, 0.717) is 40.1 Å². The molecule has 1 amide bonds. The maximum Gasteiger partial charge on any atom is 0.337 e. The second-order valence-electron chi connectivity index (χ2n) is 8.12. The third kappa shape index (κ3) is 6.12. The number of nitrogens with zero attached hydrogens (tertiary/aromatic N) is 1. The van der Waals surface area contributed by atoms with Gasteiger partial charge in [0.1, 0.15) is 5.76 Å². The zero-order chi connectivity index (χ0) is 24.5. The van der Waals surface area contributed by atoms with Gasteiger partial charge >= 0.3 is 5.97 Å². The van der Waals surface area contributed by atoms with Gasteiger partial charge in [0.15, 0.2) is 0 Å². The number of furan rings is 1. The predicted octanol–water partition coefficient (Wildman–Crippen LogP) is 4.57. The third-order valence-corrected chi connectivity index (χ3v) is 6.24. The van der Waals surface area contributed by atoms with Crippen LogP contribution in [0.15, 0.2) is 69.3 Å². The van der Waals surface area contributed by atoms with E-state index in [4.69, 9.17) is 9.15 Å². The van der Waals surface area contributed by atoms with Crippen molar-refractivity contribution in [2.75, 3.05) is 18.9 Å². The molecular weight excluding hydrogens is 450 g/mol. The van der Waals surface area contributed by atoms with Crippen molar-refractivity contribution in [2.45, 2.75) is 33.1 Å². The van der Waals surface area contributed by atoms with Crippen LogP contribution in [-0.2, 0) is 14.3 Å². The number of benzene rings is 1. The molecule has 0 fully saturated rings. The number of hydrogen-bond donors (Lipinski definition) is 2. The number of ether oxygens (including phenoxy) is 1. The Morgan fingerprint density at radius 3 is 2.62 bits per heavy atom. The van der Waals surface area contributed by atoms with E-state index >= 15 is 0 Å². The number of carbonyl (C=O) groups excluding carboxylic acids is 2. The molecule has 0 unspecified atom stereocenters. The van der Waals surface area contributed by atoms with Crippen LogP contribution < -0.4 is 10.6 Å². The first-order valence-corrected chi connectivity index (χ1v) is 12.3. The summed E-state index contributed by atoms with van der Waals surface area (Å²) in [4.78, 5) is 25.5. The van der Waals surface area contributed by atoms with Gasteiger partial charge in [-0.15, -0.1) is 0 Å². The first kappa shape index (κ1) is 25.2. The summed E-state index contributed by atoms with van der Waals surface area (Å²) in [7, 11) is 0. The molecule has 8 heteroatoms. The summed E-state index contributed by atoms with van der Waals surface area (Å²) >= 11 is 1.23. The van der Waals surface area contributed by atoms with Crippen LogP contribution in [0.1, 0.15) is 44.4 Å². The predicted molar refractivity (Wildman–Crippen MR) is 132 cm³/mol. The minimum absolute atomic E-state index is 0.117. The van der Waals surface area contributed by atoms with Gasteiger partial charge in [0.2, 0.25) is 5.91 Å². The number of rotatable bonds is 10. The highest BCUT2D eigenvalue weighted by atomic mass is 32.2. The number of dihydropyridines is 1. The molecule has 0 saturated heterocycles. The normalized spacial score (nSPS) is 15.7. The van der Waals surface area contributed by atoms with E-state index in [1.165, 1.54) is 18.0 Å². The van der Waals surface area contributed by atoms with Crippen molar-refractivity contribution < 1.29 is 18.7 Å². The van der Waals surface area contributed by atoms with Gasteiger partial charge < -0.3 is 19.8 Å². The van der Waals surface area contributed by atoms with Gasteiger partial charge in [-0.3, -0.25) is 4.79 Å². The molecule has 2 aromatic rings. The molecule has 0 spiro atoms. The summed E-state index contributed by atoms with van der Waals surface area (Å²) in [6.07, 6.45) is 2.40.